The highest BCUT2D eigenvalue weighted by Gasteiger charge is 2.06. The van der Waals surface area contributed by atoms with Gasteiger partial charge in [-0.05, 0) is 38.6 Å². The Morgan fingerprint density at radius 2 is 1.88 bits per heavy atom. The summed E-state index contributed by atoms with van der Waals surface area (Å²) >= 11 is 0. The zero-order chi connectivity index (χ0) is 19.2. The molecule has 0 radical (unpaired) electrons. The zero-order valence-electron chi connectivity index (χ0n) is 17.1. The van der Waals surface area contributed by atoms with Gasteiger partial charge in [0.2, 0.25) is 0 Å². The van der Waals surface area contributed by atoms with Crippen molar-refractivity contribution >= 4 is 5.96 Å². The lowest BCUT2D eigenvalue weighted by Gasteiger charge is -2.19. The number of nitrogens with one attached hydrogen (secondary N) is 2. The van der Waals surface area contributed by atoms with Gasteiger partial charge >= 0.3 is 0 Å². The van der Waals surface area contributed by atoms with Crippen LogP contribution in [-0.4, -0.2) is 63.9 Å². The molecule has 0 aliphatic carbocycles. The average Bonchev–Trinajstić information content (AvgIpc) is 2.66. The Balaban J connectivity index is 2.53. The highest BCUT2D eigenvalue weighted by molar-refractivity contribution is 5.79. The molecule has 0 atom stereocenters. The number of guanidine groups is 1. The van der Waals surface area contributed by atoms with Crippen LogP contribution in [0.5, 0.6) is 5.75 Å². The molecule has 2 N–H and O–H groups in total. The van der Waals surface area contributed by atoms with Crippen LogP contribution >= 0.6 is 0 Å². The van der Waals surface area contributed by atoms with Crippen molar-refractivity contribution in [2.75, 3.05) is 53.0 Å². The van der Waals surface area contributed by atoms with Gasteiger partial charge in [-0.2, -0.15) is 0 Å². The number of likely N-dealkylation sites (N-methyl/N-ethyl adjacent to an activating group) is 1. The number of hydrogen-bond acceptors (Lipinski definition) is 4. The molecule has 26 heavy (non-hydrogen) atoms. The van der Waals surface area contributed by atoms with Gasteiger partial charge in [-0.3, -0.25) is 4.99 Å². The number of ether oxygens (including phenoxy) is 2. The van der Waals surface area contributed by atoms with E-state index in [4.69, 9.17) is 9.47 Å². The topological polar surface area (TPSA) is 58.1 Å². The minimum atomic E-state index is 0.557. The SMILES string of the molecule is CCOCCOc1cc(C)ccc1CNC(=NC)NCCN(CC)CC. The third-order valence-corrected chi connectivity index (χ3v) is 4.20. The first-order chi connectivity index (χ1) is 12.6. The Kier molecular flexibility index (Phi) is 11.5. The maximum atomic E-state index is 5.90. The van der Waals surface area contributed by atoms with E-state index in [2.05, 4.69) is 59.5 Å². The highest BCUT2D eigenvalue weighted by Crippen LogP contribution is 2.20. The quantitative estimate of drug-likeness (QED) is 0.339. The van der Waals surface area contributed by atoms with Crippen LogP contribution in [0.2, 0.25) is 0 Å². The van der Waals surface area contributed by atoms with Gasteiger partial charge in [0, 0.05) is 38.9 Å². The van der Waals surface area contributed by atoms with E-state index in [1.54, 1.807) is 7.05 Å². The van der Waals surface area contributed by atoms with Gasteiger partial charge in [0.15, 0.2) is 5.96 Å². The van der Waals surface area contributed by atoms with Crippen LogP contribution in [0.3, 0.4) is 0 Å². The van der Waals surface area contributed by atoms with Crippen LogP contribution in [0.25, 0.3) is 0 Å². The smallest absolute Gasteiger partial charge is 0.191 e. The van der Waals surface area contributed by atoms with Crippen LogP contribution in [-0.2, 0) is 11.3 Å². The fourth-order valence-corrected chi connectivity index (χ4v) is 2.57. The molecule has 1 aromatic carbocycles. The van der Waals surface area contributed by atoms with E-state index in [9.17, 15) is 0 Å². The third kappa shape index (κ3) is 8.54. The number of aryl methyl sites for hydroxylation is 1. The van der Waals surface area contributed by atoms with Crippen LogP contribution in [0.4, 0.5) is 0 Å². The van der Waals surface area contributed by atoms with Gasteiger partial charge < -0.3 is 25.0 Å². The van der Waals surface area contributed by atoms with Gasteiger partial charge in [-0.1, -0.05) is 26.0 Å². The van der Waals surface area contributed by atoms with Crippen molar-refractivity contribution in [1.29, 1.82) is 0 Å². The van der Waals surface area contributed by atoms with Crippen LogP contribution in [0.1, 0.15) is 31.9 Å². The normalized spacial score (nSPS) is 11.7. The molecule has 6 heteroatoms. The lowest BCUT2D eigenvalue weighted by atomic mass is 10.1. The largest absolute Gasteiger partial charge is 0.491 e. The van der Waals surface area contributed by atoms with Crippen molar-refractivity contribution in [2.24, 2.45) is 4.99 Å². The van der Waals surface area contributed by atoms with Gasteiger partial charge in [-0.25, -0.2) is 0 Å². The fraction of sp³-hybridized carbons (Fsp3) is 0.650. The van der Waals surface area contributed by atoms with E-state index in [1.807, 2.05) is 6.92 Å². The first-order valence-corrected chi connectivity index (χ1v) is 9.61. The predicted octanol–water partition coefficient (Wildman–Crippen LogP) is 2.42. The molecular formula is C20H36N4O2. The summed E-state index contributed by atoms with van der Waals surface area (Å²) in [6.45, 7) is 15.0. The molecule has 0 spiro atoms. The summed E-state index contributed by atoms with van der Waals surface area (Å²) in [7, 11) is 1.79. The molecular weight excluding hydrogens is 328 g/mol. The van der Waals surface area contributed by atoms with Gasteiger partial charge in [0.25, 0.3) is 0 Å². The molecule has 0 saturated carbocycles. The minimum absolute atomic E-state index is 0.557. The third-order valence-electron chi connectivity index (χ3n) is 4.20. The monoisotopic (exact) mass is 364 g/mol. The second kappa shape index (κ2) is 13.4. The molecule has 6 nitrogen and oxygen atoms in total. The minimum Gasteiger partial charge on any atom is -0.491 e. The number of hydrogen-bond donors (Lipinski definition) is 2. The fourth-order valence-electron chi connectivity index (χ4n) is 2.57. The Hall–Kier alpha value is -1.79. The van der Waals surface area contributed by atoms with Crippen LogP contribution < -0.4 is 15.4 Å². The number of rotatable bonds is 12. The molecule has 0 saturated heterocycles. The summed E-state index contributed by atoms with van der Waals surface area (Å²) in [5.74, 6) is 1.70. The summed E-state index contributed by atoms with van der Waals surface area (Å²) in [5.41, 5.74) is 2.29. The molecule has 1 rings (SSSR count). The van der Waals surface area contributed by atoms with E-state index < -0.39 is 0 Å². The summed E-state index contributed by atoms with van der Waals surface area (Å²) in [6.07, 6.45) is 0. The van der Waals surface area contributed by atoms with E-state index in [0.717, 1.165) is 43.5 Å². The molecule has 0 aromatic heterocycles. The first-order valence-electron chi connectivity index (χ1n) is 9.61. The number of benzene rings is 1. The molecule has 0 aliphatic heterocycles. The zero-order valence-corrected chi connectivity index (χ0v) is 17.1. The molecule has 0 fully saturated rings. The van der Waals surface area contributed by atoms with Crippen LogP contribution in [0, 0.1) is 6.92 Å². The molecule has 0 aliphatic rings. The maximum absolute atomic E-state index is 5.90. The van der Waals surface area contributed by atoms with Crippen LogP contribution in [0.15, 0.2) is 23.2 Å². The van der Waals surface area contributed by atoms with Crippen molar-refractivity contribution < 1.29 is 9.47 Å². The average molecular weight is 365 g/mol. The molecule has 148 valence electrons. The molecule has 0 bridgehead atoms. The number of aliphatic imine (C=N–C) groups is 1. The second-order valence-corrected chi connectivity index (χ2v) is 6.04. The van der Waals surface area contributed by atoms with Gasteiger partial charge in [0.1, 0.15) is 12.4 Å². The van der Waals surface area contributed by atoms with Crippen molar-refractivity contribution in [3.63, 3.8) is 0 Å². The molecule has 0 amide bonds. The second-order valence-electron chi connectivity index (χ2n) is 6.04. The molecule has 0 unspecified atom stereocenters. The van der Waals surface area contributed by atoms with Gasteiger partial charge in [0.05, 0.1) is 6.61 Å². The van der Waals surface area contributed by atoms with Crippen molar-refractivity contribution in [3.05, 3.63) is 29.3 Å². The van der Waals surface area contributed by atoms with Crippen molar-refractivity contribution in [2.45, 2.75) is 34.2 Å². The lowest BCUT2D eigenvalue weighted by Crippen LogP contribution is -2.41. The Labute approximate surface area is 159 Å². The Morgan fingerprint density at radius 1 is 1.12 bits per heavy atom. The summed E-state index contributed by atoms with van der Waals surface area (Å²) < 4.78 is 11.2. The summed E-state index contributed by atoms with van der Waals surface area (Å²) in [4.78, 5) is 6.68. The maximum Gasteiger partial charge on any atom is 0.191 e. The van der Waals surface area contributed by atoms with Crippen molar-refractivity contribution in [1.82, 2.24) is 15.5 Å². The van der Waals surface area contributed by atoms with Crippen molar-refractivity contribution in [3.8, 4) is 5.75 Å². The highest BCUT2D eigenvalue weighted by atomic mass is 16.5. The molecule has 1 aromatic rings. The summed E-state index contributed by atoms with van der Waals surface area (Å²) in [5, 5.41) is 6.73. The number of nitrogens with zero attached hydrogens (tertiary/aromatic N) is 2. The Bertz CT molecular complexity index is 531. The molecule has 0 heterocycles. The lowest BCUT2D eigenvalue weighted by molar-refractivity contribution is 0.110. The first kappa shape index (κ1) is 22.3. The Morgan fingerprint density at radius 3 is 2.54 bits per heavy atom. The summed E-state index contributed by atoms with van der Waals surface area (Å²) in [6, 6.07) is 6.27. The van der Waals surface area contributed by atoms with E-state index in [1.165, 1.54) is 5.56 Å². The standard InChI is InChI=1S/C20H36N4O2/c1-6-24(7-2)12-11-22-20(21-5)23-16-18-10-9-17(4)15-19(18)26-14-13-25-8-3/h9-10,15H,6-8,11-14,16H2,1-5H3,(H2,21,22,23). The predicted molar refractivity (Wildman–Crippen MR) is 109 cm³/mol. The van der Waals surface area contributed by atoms with Gasteiger partial charge in [-0.15, -0.1) is 0 Å². The van der Waals surface area contributed by atoms with E-state index >= 15 is 0 Å². The van der Waals surface area contributed by atoms with E-state index in [-0.39, 0.29) is 0 Å². The van der Waals surface area contributed by atoms with E-state index in [0.29, 0.717) is 26.4 Å².